The SMILES string of the molecule is Cc1cc(C(=O)NC2CC2(C)C)sc1C=CC(=O)O. The molecule has 1 aliphatic carbocycles. The summed E-state index contributed by atoms with van der Waals surface area (Å²) in [5.41, 5.74) is 1.12. The Bertz CT molecular complexity index is 557. The van der Waals surface area contributed by atoms with Gasteiger partial charge in [-0.05, 0) is 36.5 Å². The van der Waals surface area contributed by atoms with Gasteiger partial charge in [0.1, 0.15) is 0 Å². The molecule has 2 rings (SSSR count). The second-order valence-corrected chi connectivity index (χ2v) is 6.63. The number of carboxylic acids is 1. The molecule has 1 heterocycles. The minimum Gasteiger partial charge on any atom is -0.478 e. The third-order valence-electron chi connectivity index (χ3n) is 3.38. The van der Waals surface area contributed by atoms with Gasteiger partial charge in [0.15, 0.2) is 0 Å². The number of amides is 1. The summed E-state index contributed by atoms with van der Waals surface area (Å²) in [6.45, 7) is 6.12. The second kappa shape index (κ2) is 4.81. The van der Waals surface area contributed by atoms with Crippen LogP contribution in [0.3, 0.4) is 0 Å². The van der Waals surface area contributed by atoms with Gasteiger partial charge in [-0.15, -0.1) is 11.3 Å². The smallest absolute Gasteiger partial charge is 0.328 e. The van der Waals surface area contributed by atoms with Crippen molar-refractivity contribution in [1.82, 2.24) is 5.32 Å². The first-order valence-corrected chi connectivity index (χ1v) is 6.93. The van der Waals surface area contributed by atoms with Crippen LogP contribution < -0.4 is 5.32 Å². The summed E-state index contributed by atoms with van der Waals surface area (Å²) in [7, 11) is 0. The maximum atomic E-state index is 12.0. The van der Waals surface area contributed by atoms with Gasteiger partial charge < -0.3 is 10.4 Å². The highest BCUT2D eigenvalue weighted by atomic mass is 32.1. The van der Waals surface area contributed by atoms with Gasteiger partial charge in [-0.3, -0.25) is 4.79 Å². The van der Waals surface area contributed by atoms with E-state index < -0.39 is 5.97 Å². The lowest BCUT2D eigenvalue weighted by atomic mass is 10.2. The van der Waals surface area contributed by atoms with Crippen molar-refractivity contribution in [3.8, 4) is 0 Å². The van der Waals surface area contributed by atoms with Gasteiger partial charge in [-0.2, -0.15) is 0 Å². The van der Waals surface area contributed by atoms with Gasteiger partial charge in [0.2, 0.25) is 0 Å². The first kappa shape index (κ1) is 13.8. The molecule has 0 aromatic carbocycles. The molecule has 1 saturated carbocycles. The van der Waals surface area contributed by atoms with Crippen LogP contribution in [-0.4, -0.2) is 23.0 Å². The Balaban J connectivity index is 2.07. The average Bonchev–Trinajstić information content (AvgIpc) is 2.72. The fraction of sp³-hybridized carbons (Fsp3) is 0.429. The Kier molecular flexibility index (Phi) is 3.49. The first-order valence-electron chi connectivity index (χ1n) is 6.12. The van der Waals surface area contributed by atoms with Gasteiger partial charge in [0.25, 0.3) is 5.91 Å². The summed E-state index contributed by atoms with van der Waals surface area (Å²) in [6.07, 6.45) is 3.62. The summed E-state index contributed by atoms with van der Waals surface area (Å²) in [5, 5.41) is 11.6. The predicted molar refractivity (Wildman–Crippen MR) is 75.4 cm³/mol. The van der Waals surface area contributed by atoms with Crippen LogP contribution in [0.4, 0.5) is 0 Å². The first-order chi connectivity index (χ1) is 8.79. The average molecular weight is 279 g/mol. The standard InChI is InChI=1S/C14H17NO3S/c1-8-6-10(19-9(8)4-5-12(16)17)13(18)15-11-7-14(11,2)3/h4-6,11H,7H2,1-3H3,(H,15,18)(H,16,17). The topological polar surface area (TPSA) is 66.4 Å². The molecule has 0 radical (unpaired) electrons. The summed E-state index contributed by atoms with van der Waals surface area (Å²) in [4.78, 5) is 24.0. The molecule has 1 atom stereocenters. The van der Waals surface area contributed by atoms with Crippen molar-refractivity contribution in [3.05, 3.63) is 27.5 Å². The van der Waals surface area contributed by atoms with Crippen molar-refractivity contribution >= 4 is 29.3 Å². The molecule has 0 spiro atoms. The molecular formula is C14H17NO3S. The van der Waals surface area contributed by atoms with Crippen molar-refractivity contribution in [3.63, 3.8) is 0 Å². The van der Waals surface area contributed by atoms with Crippen LogP contribution in [0.25, 0.3) is 6.08 Å². The van der Waals surface area contributed by atoms with E-state index >= 15 is 0 Å². The third kappa shape index (κ3) is 3.23. The van der Waals surface area contributed by atoms with Crippen LogP contribution in [0, 0.1) is 12.3 Å². The number of carbonyl (C=O) groups excluding carboxylic acids is 1. The Morgan fingerprint density at radius 2 is 2.16 bits per heavy atom. The molecular weight excluding hydrogens is 262 g/mol. The second-order valence-electron chi connectivity index (χ2n) is 5.55. The van der Waals surface area contributed by atoms with E-state index in [0.717, 1.165) is 22.9 Å². The summed E-state index contributed by atoms with van der Waals surface area (Å²) >= 11 is 1.32. The Labute approximate surface area is 116 Å². The lowest BCUT2D eigenvalue weighted by molar-refractivity contribution is -0.131. The number of hydrogen-bond acceptors (Lipinski definition) is 3. The van der Waals surface area contributed by atoms with Crippen LogP contribution in [0.15, 0.2) is 12.1 Å². The lowest BCUT2D eigenvalue weighted by Crippen LogP contribution is -2.27. The van der Waals surface area contributed by atoms with Gasteiger partial charge in [-0.25, -0.2) is 4.79 Å². The molecule has 1 unspecified atom stereocenters. The number of nitrogens with one attached hydrogen (secondary N) is 1. The van der Waals surface area contributed by atoms with Crippen LogP contribution >= 0.6 is 11.3 Å². The maximum Gasteiger partial charge on any atom is 0.328 e. The molecule has 1 aliphatic rings. The van der Waals surface area contributed by atoms with E-state index in [4.69, 9.17) is 5.11 Å². The highest BCUT2D eigenvalue weighted by Crippen LogP contribution is 2.44. The van der Waals surface area contributed by atoms with Crippen molar-refractivity contribution in [2.75, 3.05) is 0 Å². The summed E-state index contributed by atoms with van der Waals surface area (Å²) in [6, 6.07) is 2.05. The zero-order valence-corrected chi connectivity index (χ0v) is 12.0. The molecule has 102 valence electrons. The zero-order chi connectivity index (χ0) is 14.2. The number of carbonyl (C=O) groups is 2. The number of aryl methyl sites for hydroxylation is 1. The van der Waals surface area contributed by atoms with E-state index in [-0.39, 0.29) is 17.4 Å². The minimum atomic E-state index is -0.987. The Hall–Kier alpha value is -1.62. The monoisotopic (exact) mass is 279 g/mol. The molecule has 0 saturated heterocycles. The molecule has 1 aromatic rings. The van der Waals surface area contributed by atoms with Crippen LogP contribution in [-0.2, 0) is 4.79 Å². The fourth-order valence-corrected chi connectivity index (χ4v) is 2.84. The summed E-state index contributed by atoms with van der Waals surface area (Å²) in [5.74, 6) is -1.06. The van der Waals surface area contributed by atoms with Gasteiger partial charge >= 0.3 is 5.97 Å². The number of hydrogen-bond donors (Lipinski definition) is 2. The molecule has 1 aromatic heterocycles. The van der Waals surface area contributed by atoms with E-state index in [2.05, 4.69) is 19.2 Å². The van der Waals surface area contributed by atoms with E-state index in [1.807, 2.05) is 6.92 Å². The number of aliphatic carboxylic acids is 1. The van der Waals surface area contributed by atoms with Crippen molar-refractivity contribution in [2.24, 2.45) is 5.41 Å². The van der Waals surface area contributed by atoms with E-state index in [0.29, 0.717) is 4.88 Å². The van der Waals surface area contributed by atoms with Crippen LogP contribution in [0.2, 0.25) is 0 Å². The van der Waals surface area contributed by atoms with Crippen molar-refractivity contribution in [1.29, 1.82) is 0 Å². The predicted octanol–water partition coefficient (Wildman–Crippen LogP) is 2.68. The normalized spacial score (nSPS) is 20.5. The zero-order valence-electron chi connectivity index (χ0n) is 11.2. The van der Waals surface area contributed by atoms with Crippen LogP contribution in [0.1, 0.15) is 40.4 Å². The van der Waals surface area contributed by atoms with Crippen LogP contribution in [0.5, 0.6) is 0 Å². The number of rotatable bonds is 4. The van der Waals surface area contributed by atoms with Gasteiger partial charge in [0.05, 0.1) is 4.88 Å². The molecule has 1 amide bonds. The number of thiophene rings is 1. The lowest BCUT2D eigenvalue weighted by Gasteiger charge is -2.04. The van der Waals surface area contributed by atoms with E-state index in [1.54, 1.807) is 6.07 Å². The molecule has 0 aliphatic heterocycles. The van der Waals surface area contributed by atoms with E-state index in [9.17, 15) is 9.59 Å². The molecule has 4 nitrogen and oxygen atoms in total. The molecule has 1 fully saturated rings. The highest BCUT2D eigenvalue weighted by Gasteiger charge is 2.46. The third-order valence-corrected chi connectivity index (χ3v) is 4.58. The molecule has 0 bridgehead atoms. The van der Waals surface area contributed by atoms with Gasteiger partial charge in [-0.1, -0.05) is 13.8 Å². The van der Waals surface area contributed by atoms with Crippen molar-refractivity contribution < 1.29 is 14.7 Å². The quantitative estimate of drug-likeness (QED) is 0.833. The molecule has 19 heavy (non-hydrogen) atoms. The molecule has 5 heteroatoms. The fourth-order valence-electron chi connectivity index (χ4n) is 1.86. The van der Waals surface area contributed by atoms with Crippen molar-refractivity contribution in [2.45, 2.75) is 33.2 Å². The molecule has 2 N–H and O–H groups in total. The number of carboxylic acid groups (broad SMARTS) is 1. The minimum absolute atomic E-state index is 0.0707. The summed E-state index contributed by atoms with van der Waals surface area (Å²) < 4.78 is 0. The maximum absolute atomic E-state index is 12.0. The highest BCUT2D eigenvalue weighted by molar-refractivity contribution is 7.15. The van der Waals surface area contributed by atoms with Gasteiger partial charge in [0, 0.05) is 17.0 Å². The van der Waals surface area contributed by atoms with E-state index in [1.165, 1.54) is 17.4 Å². The largest absolute Gasteiger partial charge is 0.478 e. The Morgan fingerprint density at radius 3 is 2.68 bits per heavy atom. The Morgan fingerprint density at radius 1 is 1.53 bits per heavy atom.